The molecule has 1 atom stereocenters. The Morgan fingerprint density at radius 3 is 2.65 bits per heavy atom. The van der Waals surface area contributed by atoms with Crippen LogP contribution in [0, 0.1) is 12.7 Å². The fraction of sp³-hybridized carbons (Fsp3) is 0.231. The van der Waals surface area contributed by atoms with Gasteiger partial charge in [0.2, 0.25) is 0 Å². The molecule has 0 bridgehead atoms. The van der Waals surface area contributed by atoms with Crippen molar-refractivity contribution < 1.29 is 9.50 Å². The molecule has 1 nitrogen and oxygen atoms in total. The molecule has 0 aliphatic heterocycles. The first kappa shape index (κ1) is 12.6. The fourth-order valence-corrected chi connectivity index (χ4v) is 3.06. The standard InChI is InChI=1S/C13H13FOS2/c1-9-6-10(7-16-9)13(15)8-17-12-4-2-11(14)3-5-12/h2-7,13,15H,8H2,1H3. The summed E-state index contributed by atoms with van der Waals surface area (Å²) in [6.07, 6.45) is -0.463. The molecule has 1 aromatic heterocycles. The van der Waals surface area contributed by atoms with Gasteiger partial charge in [-0.15, -0.1) is 23.1 Å². The van der Waals surface area contributed by atoms with Crippen LogP contribution in [0.25, 0.3) is 0 Å². The van der Waals surface area contributed by atoms with E-state index in [0.717, 1.165) is 10.5 Å². The Hall–Kier alpha value is -0.840. The Morgan fingerprint density at radius 2 is 2.06 bits per heavy atom. The lowest BCUT2D eigenvalue weighted by atomic mass is 10.2. The number of thiophene rings is 1. The van der Waals surface area contributed by atoms with Crippen LogP contribution >= 0.6 is 23.1 Å². The Labute approximate surface area is 108 Å². The molecular weight excluding hydrogens is 255 g/mol. The summed E-state index contributed by atoms with van der Waals surface area (Å²) in [5.41, 5.74) is 0.960. The van der Waals surface area contributed by atoms with Crippen molar-refractivity contribution in [3.8, 4) is 0 Å². The summed E-state index contributed by atoms with van der Waals surface area (Å²) in [6, 6.07) is 8.32. The molecule has 1 unspecified atom stereocenters. The molecule has 1 aromatic carbocycles. The Morgan fingerprint density at radius 1 is 1.35 bits per heavy atom. The van der Waals surface area contributed by atoms with Crippen LogP contribution < -0.4 is 0 Å². The Kier molecular flexibility index (Phi) is 4.20. The minimum absolute atomic E-state index is 0.233. The quantitative estimate of drug-likeness (QED) is 0.845. The number of hydrogen-bond donors (Lipinski definition) is 1. The van der Waals surface area contributed by atoms with Crippen molar-refractivity contribution in [2.45, 2.75) is 17.9 Å². The molecule has 0 spiro atoms. The molecule has 0 fully saturated rings. The second kappa shape index (κ2) is 5.67. The third-order valence-corrected chi connectivity index (χ3v) is 4.32. The minimum Gasteiger partial charge on any atom is -0.388 e. The van der Waals surface area contributed by atoms with Crippen molar-refractivity contribution in [3.05, 3.63) is 52.0 Å². The maximum atomic E-state index is 12.7. The van der Waals surface area contributed by atoms with Gasteiger partial charge in [-0.25, -0.2) is 4.39 Å². The molecule has 2 aromatic rings. The summed E-state index contributed by atoms with van der Waals surface area (Å²) in [5, 5.41) is 11.9. The van der Waals surface area contributed by atoms with E-state index >= 15 is 0 Å². The lowest BCUT2D eigenvalue weighted by molar-refractivity contribution is 0.204. The highest BCUT2D eigenvalue weighted by atomic mass is 32.2. The molecule has 1 heterocycles. The number of aliphatic hydroxyl groups excluding tert-OH is 1. The lowest BCUT2D eigenvalue weighted by Crippen LogP contribution is -1.98. The zero-order valence-electron chi connectivity index (χ0n) is 9.39. The Bertz CT molecular complexity index is 478. The minimum atomic E-state index is -0.463. The number of thioether (sulfide) groups is 1. The van der Waals surface area contributed by atoms with Gasteiger partial charge in [-0.1, -0.05) is 0 Å². The van der Waals surface area contributed by atoms with Gasteiger partial charge in [-0.2, -0.15) is 0 Å². The molecule has 0 aliphatic carbocycles. The molecule has 0 saturated carbocycles. The summed E-state index contributed by atoms with van der Waals surface area (Å²) >= 11 is 3.17. The molecule has 17 heavy (non-hydrogen) atoms. The van der Waals surface area contributed by atoms with E-state index in [0.29, 0.717) is 5.75 Å². The summed E-state index contributed by atoms with van der Waals surface area (Å²) in [5.74, 6) is 0.352. The summed E-state index contributed by atoms with van der Waals surface area (Å²) in [7, 11) is 0. The van der Waals surface area contributed by atoms with Crippen molar-refractivity contribution >= 4 is 23.1 Å². The highest BCUT2D eigenvalue weighted by Crippen LogP contribution is 2.27. The van der Waals surface area contributed by atoms with Crippen molar-refractivity contribution in [1.82, 2.24) is 0 Å². The maximum absolute atomic E-state index is 12.7. The first-order valence-electron chi connectivity index (χ1n) is 5.26. The summed E-state index contributed by atoms with van der Waals surface area (Å²) < 4.78 is 12.7. The molecule has 0 amide bonds. The normalized spacial score (nSPS) is 12.6. The van der Waals surface area contributed by atoms with Gasteiger partial charge < -0.3 is 5.11 Å². The SMILES string of the molecule is Cc1cc(C(O)CSc2ccc(F)cc2)cs1. The number of aryl methyl sites for hydroxylation is 1. The van der Waals surface area contributed by atoms with Crippen LogP contribution in [-0.4, -0.2) is 10.9 Å². The van der Waals surface area contributed by atoms with Gasteiger partial charge in [0.25, 0.3) is 0 Å². The summed E-state index contributed by atoms with van der Waals surface area (Å²) in [6.45, 7) is 2.02. The van der Waals surface area contributed by atoms with E-state index in [1.54, 1.807) is 23.5 Å². The van der Waals surface area contributed by atoms with E-state index in [1.807, 2.05) is 18.4 Å². The van der Waals surface area contributed by atoms with E-state index in [2.05, 4.69) is 0 Å². The number of benzene rings is 1. The van der Waals surface area contributed by atoms with Crippen LogP contribution in [0.15, 0.2) is 40.6 Å². The van der Waals surface area contributed by atoms with Gasteiger partial charge in [-0.3, -0.25) is 0 Å². The van der Waals surface area contributed by atoms with Crippen LogP contribution in [0.3, 0.4) is 0 Å². The molecule has 1 N–H and O–H groups in total. The van der Waals surface area contributed by atoms with Gasteiger partial charge in [0, 0.05) is 15.5 Å². The highest BCUT2D eigenvalue weighted by molar-refractivity contribution is 7.99. The average Bonchev–Trinajstić information content (AvgIpc) is 2.75. The van der Waals surface area contributed by atoms with Crippen molar-refractivity contribution in [1.29, 1.82) is 0 Å². The van der Waals surface area contributed by atoms with Crippen LogP contribution in [0.2, 0.25) is 0 Å². The van der Waals surface area contributed by atoms with Gasteiger partial charge in [-0.05, 0) is 48.2 Å². The first-order valence-corrected chi connectivity index (χ1v) is 7.13. The number of halogens is 1. The molecular formula is C13H13FOS2. The third kappa shape index (κ3) is 3.56. The largest absolute Gasteiger partial charge is 0.388 e. The number of hydrogen-bond acceptors (Lipinski definition) is 3. The van der Waals surface area contributed by atoms with Gasteiger partial charge in [0.15, 0.2) is 0 Å². The second-order valence-electron chi connectivity index (χ2n) is 3.77. The summed E-state index contributed by atoms with van der Waals surface area (Å²) in [4.78, 5) is 2.17. The fourth-order valence-electron chi connectivity index (χ4n) is 1.44. The van der Waals surface area contributed by atoms with E-state index in [-0.39, 0.29) is 5.82 Å². The molecule has 90 valence electrons. The molecule has 0 radical (unpaired) electrons. The lowest BCUT2D eigenvalue weighted by Gasteiger charge is -2.08. The molecule has 0 aliphatic rings. The number of rotatable bonds is 4. The van der Waals surface area contributed by atoms with Crippen LogP contribution in [0.4, 0.5) is 4.39 Å². The highest BCUT2D eigenvalue weighted by Gasteiger charge is 2.09. The van der Waals surface area contributed by atoms with E-state index < -0.39 is 6.10 Å². The average molecular weight is 268 g/mol. The maximum Gasteiger partial charge on any atom is 0.123 e. The zero-order chi connectivity index (χ0) is 12.3. The van der Waals surface area contributed by atoms with Crippen molar-refractivity contribution in [2.24, 2.45) is 0 Å². The van der Waals surface area contributed by atoms with Crippen molar-refractivity contribution in [2.75, 3.05) is 5.75 Å². The smallest absolute Gasteiger partial charge is 0.123 e. The van der Waals surface area contributed by atoms with E-state index in [1.165, 1.54) is 28.8 Å². The molecule has 0 saturated heterocycles. The van der Waals surface area contributed by atoms with Crippen molar-refractivity contribution in [3.63, 3.8) is 0 Å². The van der Waals surface area contributed by atoms with Crippen LogP contribution in [0.5, 0.6) is 0 Å². The Balaban J connectivity index is 1.92. The van der Waals surface area contributed by atoms with Gasteiger partial charge >= 0.3 is 0 Å². The van der Waals surface area contributed by atoms with Crippen LogP contribution in [0.1, 0.15) is 16.5 Å². The number of aliphatic hydroxyl groups is 1. The first-order chi connectivity index (χ1) is 8.15. The topological polar surface area (TPSA) is 20.2 Å². The van der Waals surface area contributed by atoms with Gasteiger partial charge in [0.1, 0.15) is 5.82 Å². The predicted octanol–water partition coefficient (Wildman–Crippen LogP) is 4.02. The van der Waals surface area contributed by atoms with Crippen LogP contribution in [-0.2, 0) is 0 Å². The molecule has 4 heteroatoms. The van der Waals surface area contributed by atoms with E-state index in [4.69, 9.17) is 0 Å². The molecule has 2 rings (SSSR count). The second-order valence-corrected chi connectivity index (χ2v) is 5.98. The third-order valence-electron chi connectivity index (χ3n) is 2.36. The zero-order valence-corrected chi connectivity index (χ0v) is 11.0. The monoisotopic (exact) mass is 268 g/mol. The van der Waals surface area contributed by atoms with Gasteiger partial charge in [0.05, 0.1) is 6.10 Å². The predicted molar refractivity (Wildman–Crippen MR) is 71.1 cm³/mol. The van der Waals surface area contributed by atoms with E-state index in [9.17, 15) is 9.50 Å².